The average molecular weight is 2070 g/mol. The summed E-state index contributed by atoms with van der Waals surface area (Å²) in [6.45, 7) is 10.4. The smallest absolute Gasteiger partial charge is 0.497 e. The van der Waals surface area contributed by atoms with Gasteiger partial charge in [0.1, 0.15) is 25.4 Å². The van der Waals surface area contributed by atoms with E-state index in [4.69, 9.17) is 16.3 Å². The first-order valence-corrected chi connectivity index (χ1v) is 53.1. The topological polar surface area (TPSA) is 55.6 Å². The molecule has 0 aromatic heterocycles. The molecule has 766 valence electrons. The largest absolute Gasteiger partial charge is 2.00 e. The summed E-state index contributed by atoms with van der Waals surface area (Å²) in [5.41, 5.74) is 19.5. The first kappa shape index (κ1) is 122. The fourth-order valence-corrected chi connectivity index (χ4v) is 24.4. The Bertz CT molecular complexity index is 6000. The normalized spacial score (nSPS) is 18.5. The minimum Gasteiger partial charge on any atom is -0.497 e. The first-order valence-electron chi connectivity index (χ1n) is 52.7. The quantitative estimate of drug-likeness (QED) is 0.0220. The minimum atomic E-state index is -0.887. The van der Waals surface area contributed by atoms with Gasteiger partial charge in [0.2, 0.25) is 17.1 Å². The molecule has 3 atom stereocenters. The van der Waals surface area contributed by atoms with Gasteiger partial charge in [0.15, 0.2) is 17.1 Å². The Morgan fingerprint density at radius 3 is 0.924 bits per heavy atom. The fourth-order valence-electron chi connectivity index (χ4n) is 24.2. The van der Waals surface area contributed by atoms with Crippen molar-refractivity contribution in [2.75, 3.05) is 26.7 Å². The standard InChI is InChI=1S/C38H39NO2.C38H42NO.C37H39ClN.3C5H10.6CH3.3Fe/c1-38(27-30-18-21-32(22-19-30)37(40)41)35(25-20-29-11-3-2-4-12-29)39(26-10-9-15-28-13-5-6-14-28)34-24-23-31-16-7-8-17-33(31)36(34)38;1-38(28-31-15-4-3-5-16-31)36(26-21-30-19-23-33(40-2)24-20-30)39(27-11-10-14-29-12-6-7-13-29)35-25-22-32-17-8-9-18-34(32)37(35)38;1-37(27-29-16-3-2-4-17-29)35(25-23-31-19-8-10-21-33(31)38)39(26-12-11-15-28-13-5-6-14-28)34-24-22-30-18-7-9-20-32(30)36(34)37;3*1-2-4-5-3-1;;;;;;;;;/h2-4,7-8,11-12,16-25,28H,5-6,9-10,13-15,26-27H2,1H3;3-5,8-9,15-26,29H,6-7,10-14,27-28H2,1-2H3;2-4,7-10,16-25,28H,5-6,11-15,26-27H2,1H3;3*1-5H2;6*1H3;;;/q;2*+1;;;;6*-1;3*+2/p+1/b25-20+;26-21+;25-23+;;;;;;;;;;;;. The van der Waals surface area contributed by atoms with Gasteiger partial charge < -0.3 is 54.4 Å². The number of carboxylic acids is 1. The minimum absolute atomic E-state index is 0. The van der Waals surface area contributed by atoms with Gasteiger partial charge in [0.25, 0.3) is 0 Å². The van der Waals surface area contributed by atoms with E-state index in [1.807, 2.05) is 36.4 Å². The van der Waals surface area contributed by atoms with E-state index >= 15 is 0 Å². The van der Waals surface area contributed by atoms with Gasteiger partial charge in [-0.2, -0.15) is 13.7 Å². The van der Waals surface area contributed by atoms with Crippen LogP contribution in [0, 0.1) is 62.3 Å². The van der Waals surface area contributed by atoms with Gasteiger partial charge in [-0.15, -0.1) is 0 Å². The zero-order valence-electron chi connectivity index (χ0n) is 88.9. The predicted molar refractivity (Wildman–Crippen MR) is 614 cm³/mol. The van der Waals surface area contributed by atoms with Gasteiger partial charge in [0, 0.05) is 77.4 Å². The Hall–Kier alpha value is -9.23. The second-order valence-corrected chi connectivity index (χ2v) is 41.5. The molecule has 3 heterocycles. The van der Waals surface area contributed by atoms with Gasteiger partial charge >= 0.3 is 57.2 Å². The molecular formula is C134H169ClFe3N3O3+3. The van der Waals surface area contributed by atoms with Crippen molar-refractivity contribution in [3.63, 3.8) is 0 Å². The summed E-state index contributed by atoms with van der Waals surface area (Å²) in [4.78, 5) is 11.5. The van der Waals surface area contributed by atoms with E-state index in [-0.39, 0.29) is 112 Å². The number of methoxy groups -OCH3 is 1. The van der Waals surface area contributed by atoms with Crippen LogP contribution in [0.5, 0.6) is 5.75 Å². The molecular weight excluding hydrogens is 1900 g/mol. The molecule has 0 saturated heterocycles. The van der Waals surface area contributed by atoms with Crippen LogP contribution in [0.15, 0.2) is 291 Å². The number of hydrogen-bond acceptors (Lipinski definition) is 2. The van der Waals surface area contributed by atoms with Crippen molar-refractivity contribution in [2.24, 2.45) is 17.8 Å². The molecule has 9 aliphatic rings. The third-order valence-electron chi connectivity index (χ3n) is 31.4. The number of fused-ring (bicyclic) bond motifs is 9. The number of allylic oxidation sites excluding steroid dienone is 3. The molecule has 0 spiro atoms. The Balaban J connectivity index is 0.000000264. The number of unbranched alkanes of at least 4 members (excludes halogenated alkanes) is 3. The van der Waals surface area contributed by atoms with Crippen LogP contribution in [0.25, 0.3) is 50.5 Å². The molecule has 0 radical (unpaired) electrons. The second-order valence-electron chi connectivity index (χ2n) is 41.1. The monoisotopic (exact) mass is 2070 g/mol. The second kappa shape index (κ2) is 61.5. The Morgan fingerprint density at radius 2 is 0.604 bits per heavy atom. The van der Waals surface area contributed by atoms with Crippen LogP contribution in [0.2, 0.25) is 5.02 Å². The van der Waals surface area contributed by atoms with E-state index in [1.54, 1.807) is 19.2 Å². The molecule has 0 amide bonds. The van der Waals surface area contributed by atoms with Crippen LogP contribution < -0.4 is 4.74 Å². The zero-order valence-corrected chi connectivity index (χ0v) is 93.0. The molecule has 12 aromatic carbocycles. The molecule has 3 aliphatic heterocycles. The summed E-state index contributed by atoms with van der Waals surface area (Å²) in [6.07, 6.45) is 67.8. The van der Waals surface area contributed by atoms with Crippen LogP contribution >= 0.6 is 11.6 Å². The molecule has 6 nitrogen and oxygen atoms in total. The zero-order chi connectivity index (χ0) is 92.9. The van der Waals surface area contributed by atoms with Crippen molar-refractivity contribution in [1.82, 2.24) is 0 Å². The van der Waals surface area contributed by atoms with Gasteiger partial charge in [-0.25, -0.2) is 4.79 Å². The summed E-state index contributed by atoms with van der Waals surface area (Å²) in [7, 11) is 1.72. The molecule has 144 heavy (non-hydrogen) atoms. The number of hydrogen-bond donors (Lipinski definition) is 1. The van der Waals surface area contributed by atoms with Crippen molar-refractivity contribution in [2.45, 2.75) is 287 Å². The maximum atomic E-state index is 11.5. The molecule has 0 bridgehead atoms. The van der Waals surface area contributed by atoms with Crippen LogP contribution in [0.1, 0.15) is 312 Å². The van der Waals surface area contributed by atoms with Gasteiger partial charge in [-0.1, -0.05) is 410 Å². The first-order chi connectivity index (χ1) is 66.3. The number of benzene rings is 12. The van der Waals surface area contributed by atoms with Crippen LogP contribution in [0.3, 0.4) is 0 Å². The fraction of sp³-hybridized carbons (Fsp3) is 0.388. The van der Waals surface area contributed by atoms with Gasteiger partial charge in [-0.3, -0.25) is 0 Å². The predicted octanol–water partition coefficient (Wildman–Crippen LogP) is 37.4. The third-order valence-corrected chi connectivity index (χ3v) is 31.7. The van der Waals surface area contributed by atoms with E-state index < -0.39 is 5.97 Å². The summed E-state index contributed by atoms with van der Waals surface area (Å²) in [5.74, 6) is 2.83. The van der Waals surface area contributed by atoms with E-state index in [2.05, 4.69) is 295 Å². The number of ether oxygens (including phenoxy) is 1. The molecule has 6 saturated carbocycles. The van der Waals surface area contributed by atoms with Gasteiger partial charge in [0.05, 0.1) is 28.9 Å². The molecule has 21 rings (SSSR count). The van der Waals surface area contributed by atoms with E-state index in [9.17, 15) is 9.90 Å². The number of nitrogens with zero attached hydrogens (tertiary/aromatic N) is 3. The van der Waals surface area contributed by atoms with Crippen molar-refractivity contribution >= 4 is 102 Å². The third kappa shape index (κ3) is 31.4. The van der Waals surface area contributed by atoms with Crippen molar-refractivity contribution < 1.29 is 79.6 Å². The van der Waals surface area contributed by atoms with Crippen LogP contribution in [0.4, 0.5) is 17.1 Å². The SMILES string of the molecule is C1CCCC1.C1CCCC1.C1CCCC1.CC1(Cc2ccc(C(=O)O)cc2)C(/C=C/c2ccccc2)=[N+](CCCCC2CCCC2)c2ccc3ccccc3c21.CC1(Cc2ccccc2)C(/C=C/c2ccccc2Cl)=[N+](CCCCC2CCCC2)c2ccc3ccccc3c21.COc1ccc(/C=C/C2=[N+](CCCCC3CCCC3)c3ccc4ccccc4c3C2(C)Cc2ccccc2)cc1.[CH3-].[CH3-].[CH3-].[CH3-].[CH3-].[CH3-].[Fe+2].[Fe+2].[Fe+2]. The summed E-state index contributed by atoms with van der Waals surface area (Å²) < 4.78 is 13.3. The van der Waals surface area contributed by atoms with Gasteiger partial charge in [-0.05, 0) is 210 Å². The molecule has 10 heteroatoms. The van der Waals surface area contributed by atoms with E-state index in [0.29, 0.717) is 5.56 Å². The van der Waals surface area contributed by atoms with Crippen molar-refractivity contribution in [3.05, 3.63) is 396 Å². The maximum Gasteiger partial charge on any atom is 2.00 e. The molecule has 12 aromatic rings. The number of halogens is 1. The molecule has 6 fully saturated rings. The Kier molecular flexibility index (Phi) is 52.0. The van der Waals surface area contributed by atoms with Crippen molar-refractivity contribution in [1.29, 1.82) is 0 Å². The average Bonchev–Trinajstić information content (AvgIpc) is 1.57. The van der Waals surface area contributed by atoms with Crippen LogP contribution in [-0.2, 0) is 86.7 Å². The summed E-state index contributed by atoms with van der Waals surface area (Å²) in [5, 5.41) is 18.2. The molecule has 6 aliphatic carbocycles. The van der Waals surface area contributed by atoms with E-state index in [1.165, 1.54) is 337 Å². The van der Waals surface area contributed by atoms with Crippen LogP contribution in [-0.4, -0.2) is 68.7 Å². The summed E-state index contributed by atoms with van der Waals surface area (Å²) in [6, 6.07) is 97.1. The number of rotatable bonds is 29. The molecule has 1 N–H and O–H groups in total. The number of carbonyl (C=O) groups is 1. The Labute approximate surface area is 908 Å². The Morgan fingerprint density at radius 1 is 0.319 bits per heavy atom. The number of carboxylic acid groups (broad SMARTS) is 1. The summed E-state index contributed by atoms with van der Waals surface area (Å²) >= 11 is 6.60. The maximum absolute atomic E-state index is 11.5. The molecule has 3 unspecified atom stereocenters. The van der Waals surface area contributed by atoms with Crippen molar-refractivity contribution in [3.8, 4) is 5.75 Å². The van der Waals surface area contributed by atoms with E-state index in [0.717, 1.165) is 78.5 Å². The number of aromatic carboxylic acids is 1.